The molecule has 1 heterocycles. The first kappa shape index (κ1) is 14.9. The standard InChI is InChI=1S/C17H25NO2/c1-12(2)15-6-5-14(4)16(9-15)20-11-17(19)18-8-7-13(3)10-18/h5-6,9,12-13H,7-8,10-11H2,1-4H3. The Bertz CT molecular complexity index is 482. The lowest BCUT2D eigenvalue weighted by atomic mass is 10.0. The van der Waals surface area contributed by atoms with Gasteiger partial charge in [0.1, 0.15) is 5.75 Å². The molecule has 0 aliphatic carbocycles. The van der Waals surface area contributed by atoms with Crippen molar-refractivity contribution in [2.24, 2.45) is 5.92 Å². The summed E-state index contributed by atoms with van der Waals surface area (Å²) in [5, 5.41) is 0. The first-order valence-electron chi connectivity index (χ1n) is 7.48. The summed E-state index contributed by atoms with van der Waals surface area (Å²) < 4.78 is 5.75. The predicted molar refractivity (Wildman–Crippen MR) is 81.1 cm³/mol. The second-order valence-electron chi connectivity index (χ2n) is 6.20. The smallest absolute Gasteiger partial charge is 0.260 e. The molecule has 0 N–H and O–H groups in total. The van der Waals surface area contributed by atoms with Crippen molar-refractivity contribution in [3.8, 4) is 5.75 Å². The van der Waals surface area contributed by atoms with Gasteiger partial charge in [0.2, 0.25) is 0 Å². The van der Waals surface area contributed by atoms with Crippen molar-refractivity contribution in [1.29, 1.82) is 0 Å². The van der Waals surface area contributed by atoms with E-state index in [0.717, 1.165) is 30.8 Å². The molecule has 1 amide bonds. The average Bonchev–Trinajstić information content (AvgIpc) is 2.84. The zero-order chi connectivity index (χ0) is 14.7. The molecule has 1 aliphatic rings. The second kappa shape index (κ2) is 6.29. The number of benzene rings is 1. The Kier molecular flexibility index (Phi) is 4.69. The van der Waals surface area contributed by atoms with E-state index in [4.69, 9.17) is 4.74 Å². The maximum Gasteiger partial charge on any atom is 0.260 e. The molecule has 0 saturated carbocycles. The summed E-state index contributed by atoms with van der Waals surface area (Å²) in [7, 11) is 0. The van der Waals surface area contributed by atoms with Gasteiger partial charge in [-0.2, -0.15) is 0 Å². The van der Waals surface area contributed by atoms with E-state index in [-0.39, 0.29) is 12.5 Å². The van der Waals surface area contributed by atoms with Gasteiger partial charge in [-0.05, 0) is 42.4 Å². The number of likely N-dealkylation sites (tertiary alicyclic amines) is 1. The number of aryl methyl sites for hydroxylation is 1. The zero-order valence-corrected chi connectivity index (χ0v) is 13.0. The highest BCUT2D eigenvalue weighted by atomic mass is 16.5. The van der Waals surface area contributed by atoms with Crippen molar-refractivity contribution < 1.29 is 9.53 Å². The van der Waals surface area contributed by atoms with E-state index in [2.05, 4.69) is 39.0 Å². The minimum absolute atomic E-state index is 0.101. The summed E-state index contributed by atoms with van der Waals surface area (Å²) in [6.07, 6.45) is 1.10. The first-order valence-corrected chi connectivity index (χ1v) is 7.48. The van der Waals surface area contributed by atoms with E-state index < -0.39 is 0 Å². The van der Waals surface area contributed by atoms with Gasteiger partial charge in [0.25, 0.3) is 5.91 Å². The molecule has 3 nitrogen and oxygen atoms in total. The van der Waals surface area contributed by atoms with Gasteiger partial charge in [-0.3, -0.25) is 4.79 Å². The van der Waals surface area contributed by atoms with Gasteiger partial charge in [0, 0.05) is 13.1 Å². The largest absolute Gasteiger partial charge is 0.483 e. The van der Waals surface area contributed by atoms with Crippen LogP contribution in [0, 0.1) is 12.8 Å². The molecule has 1 fully saturated rings. The normalized spacial score (nSPS) is 18.6. The minimum atomic E-state index is 0.101. The number of carbonyl (C=O) groups excluding carboxylic acids is 1. The average molecular weight is 275 g/mol. The maximum absolute atomic E-state index is 12.1. The predicted octanol–water partition coefficient (Wildman–Crippen LogP) is 3.37. The Morgan fingerprint density at radius 2 is 2.20 bits per heavy atom. The van der Waals surface area contributed by atoms with Crippen LogP contribution in [-0.2, 0) is 4.79 Å². The van der Waals surface area contributed by atoms with Crippen molar-refractivity contribution in [3.05, 3.63) is 29.3 Å². The quantitative estimate of drug-likeness (QED) is 0.843. The molecule has 1 atom stereocenters. The van der Waals surface area contributed by atoms with E-state index in [1.54, 1.807) is 0 Å². The molecule has 0 radical (unpaired) electrons. The third-order valence-corrected chi connectivity index (χ3v) is 4.01. The summed E-state index contributed by atoms with van der Waals surface area (Å²) in [5.74, 6) is 2.01. The molecule has 110 valence electrons. The molecule has 20 heavy (non-hydrogen) atoms. The number of carbonyl (C=O) groups is 1. The highest BCUT2D eigenvalue weighted by molar-refractivity contribution is 5.78. The van der Waals surface area contributed by atoms with Crippen LogP contribution < -0.4 is 4.74 Å². The van der Waals surface area contributed by atoms with E-state index in [1.807, 2.05) is 11.8 Å². The Hall–Kier alpha value is -1.51. The van der Waals surface area contributed by atoms with Gasteiger partial charge in [-0.15, -0.1) is 0 Å². The zero-order valence-electron chi connectivity index (χ0n) is 13.0. The molecule has 2 rings (SSSR count). The van der Waals surface area contributed by atoms with Crippen LogP contribution in [0.2, 0.25) is 0 Å². The number of hydrogen-bond donors (Lipinski definition) is 0. The third kappa shape index (κ3) is 3.53. The minimum Gasteiger partial charge on any atom is -0.483 e. The topological polar surface area (TPSA) is 29.5 Å². The number of nitrogens with zero attached hydrogens (tertiary/aromatic N) is 1. The number of amides is 1. The molecule has 0 bridgehead atoms. The summed E-state index contributed by atoms with van der Waals surface area (Å²) in [6, 6.07) is 6.24. The van der Waals surface area contributed by atoms with Crippen LogP contribution >= 0.6 is 0 Å². The fourth-order valence-electron chi connectivity index (χ4n) is 2.52. The van der Waals surface area contributed by atoms with Crippen LogP contribution in [0.1, 0.15) is 44.2 Å². The third-order valence-electron chi connectivity index (χ3n) is 4.01. The van der Waals surface area contributed by atoms with E-state index in [9.17, 15) is 4.79 Å². The molecule has 0 aromatic heterocycles. The Morgan fingerprint density at radius 3 is 2.80 bits per heavy atom. The monoisotopic (exact) mass is 275 g/mol. The van der Waals surface area contributed by atoms with Crippen LogP contribution in [0.15, 0.2) is 18.2 Å². The summed E-state index contributed by atoms with van der Waals surface area (Å²) >= 11 is 0. The van der Waals surface area contributed by atoms with Crippen LogP contribution in [-0.4, -0.2) is 30.5 Å². The van der Waals surface area contributed by atoms with Crippen molar-refractivity contribution in [1.82, 2.24) is 4.90 Å². The lowest BCUT2D eigenvalue weighted by Gasteiger charge is -2.17. The fourth-order valence-corrected chi connectivity index (χ4v) is 2.52. The van der Waals surface area contributed by atoms with Gasteiger partial charge in [-0.25, -0.2) is 0 Å². The molecule has 1 aliphatic heterocycles. The van der Waals surface area contributed by atoms with Gasteiger partial charge in [0.05, 0.1) is 0 Å². The van der Waals surface area contributed by atoms with Gasteiger partial charge >= 0.3 is 0 Å². The molecule has 1 unspecified atom stereocenters. The van der Waals surface area contributed by atoms with Gasteiger partial charge < -0.3 is 9.64 Å². The lowest BCUT2D eigenvalue weighted by molar-refractivity contribution is -0.132. The molecule has 0 spiro atoms. The van der Waals surface area contributed by atoms with Crippen molar-refractivity contribution in [3.63, 3.8) is 0 Å². The molecular weight excluding hydrogens is 250 g/mol. The lowest BCUT2D eigenvalue weighted by Crippen LogP contribution is -2.32. The highest BCUT2D eigenvalue weighted by Crippen LogP contribution is 2.24. The molecule has 1 aromatic carbocycles. The second-order valence-corrected chi connectivity index (χ2v) is 6.20. The summed E-state index contributed by atoms with van der Waals surface area (Å²) in [6.45, 7) is 10.4. The molecular formula is C17H25NO2. The Morgan fingerprint density at radius 1 is 1.45 bits per heavy atom. The number of rotatable bonds is 4. The van der Waals surface area contributed by atoms with Crippen LogP contribution in [0.4, 0.5) is 0 Å². The number of hydrogen-bond acceptors (Lipinski definition) is 2. The molecule has 1 aromatic rings. The van der Waals surface area contributed by atoms with Crippen molar-refractivity contribution in [2.45, 2.75) is 40.0 Å². The molecule has 3 heteroatoms. The highest BCUT2D eigenvalue weighted by Gasteiger charge is 2.23. The Balaban J connectivity index is 1.96. The van der Waals surface area contributed by atoms with Crippen LogP contribution in [0.5, 0.6) is 5.75 Å². The maximum atomic E-state index is 12.1. The first-order chi connectivity index (χ1) is 9.47. The van der Waals surface area contributed by atoms with Gasteiger partial charge in [-0.1, -0.05) is 32.9 Å². The SMILES string of the molecule is Cc1ccc(C(C)C)cc1OCC(=O)N1CCC(C)C1. The van der Waals surface area contributed by atoms with Crippen LogP contribution in [0.25, 0.3) is 0 Å². The Labute approximate surface area is 121 Å². The van der Waals surface area contributed by atoms with Gasteiger partial charge in [0.15, 0.2) is 6.61 Å². The number of ether oxygens (including phenoxy) is 1. The van der Waals surface area contributed by atoms with E-state index in [1.165, 1.54) is 5.56 Å². The van der Waals surface area contributed by atoms with E-state index in [0.29, 0.717) is 11.8 Å². The van der Waals surface area contributed by atoms with E-state index >= 15 is 0 Å². The molecule has 1 saturated heterocycles. The fraction of sp³-hybridized carbons (Fsp3) is 0.588. The van der Waals surface area contributed by atoms with Crippen molar-refractivity contribution >= 4 is 5.91 Å². The van der Waals surface area contributed by atoms with Crippen molar-refractivity contribution in [2.75, 3.05) is 19.7 Å². The van der Waals surface area contributed by atoms with Crippen LogP contribution in [0.3, 0.4) is 0 Å². The summed E-state index contributed by atoms with van der Waals surface area (Å²) in [4.78, 5) is 14.0. The summed E-state index contributed by atoms with van der Waals surface area (Å²) in [5.41, 5.74) is 2.32.